The zero-order valence-corrected chi connectivity index (χ0v) is 14.7. The van der Waals surface area contributed by atoms with Gasteiger partial charge >= 0.3 is 0 Å². The molecule has 25 heavy (non-hydrogen) atoms. The highest BCUT2D eigenvalue weighted by atomic mass is 16.5. The molecule has 3 rings (SSSR count). The number of morpholine rings is 1. The van der Waals surface area contributed by atoms with Crippen molar-refractivity contribution in [3.05, 3.63) is 47.2 Å². The van der Waals surface area contributed by atoms with Gasteiger partial charge in [0.1, 0.15) is 11.9 Å². The van der Waals surface area contributed by atoms with Gasteiger partial charge in [-0.2, -0.15) is 5.10 Å². The molecule has 2 aromatic rings. The van der Waals surface area contributed by atoms with Crippen molar-refractivity contribution in [2.24, 2.45) is 12.8 Å². The molecule has 0 bridgehead atoms. The van der Waals surface area contributed by atoms with E-state index in [4.69, 9.17) is 10.5 Å². The minimum Gasteiger partial charge on any atom is -0.378 e. The first-order valence-electron chi connectivity index (χ1n) is 8.50. The van der Waals surface area contributed by atoms with Crippen LogP contribution < -0.4 is 16.0 Å². The average Bonchev–Trinajstić information content (AvgIpc) is 2.90. The van der Waals surface area contributed by atoms with Gasteiger partial charge in [0.25, 0.3) is 0 Å². The SMILES string of the molecule is Cc1nn(C)c(N2CCOCC2)c1CN[C@H](C(N)=O)c1ccccc1. The zero-order chi connectivity index (χ0) is 17.8. The van der Waals surface area contributed by atoms with Gasteiger partial charge < -0.3 is 15.4 Å². The standard InChI is InChI=1S/C18H25N5O2/c1-13-15(18(22(2)21-13)23-8-10-25-11-9-23)12-20-16(17(19)24)14-6-4-3-5-7-14/h3-7,16,20H,8-12H2,1-2H3,(H2,19,24)/t16-/m0/s1. The topological polar surface area (TPSA) is 85.4 Å². The summed E-state index contributed by atoms with van der Waals surface area (Å²) in [5.41, 5.74) is 8.51. The molecule has 1 amide bonds. The van der Waals surface area contributed by atoms with Crippen LogP contribution in [-0.4, -0.2) is 42.0 Å². The Hall–Kier alpha value is -2.38. The van der Waals surface area contributed by atoms with E-state index in [1.54, 1.807) is 0 Å². The molecule has 0 aliphatic carbocycles. The molecule has 1 atom stereocenters. The van der Waals surface area contributed by atoms with Crippen LogP contribution in [0.3, 0.4) is 0 Å². The van der Waals surface area contributed by atoms with E-state index < -0.39 is 6.04 Å². The number of hydrogen-bond acceptors (Lipinski definition) is 5. The Morgan fingerprint density at radius 3 is 2.64 bits per heavy atom. The molecular formula is C18H25N5O2. The van der Waals surface area contributed by atoms with Gasteiger partial charge in [-0.05, 0) is 12.5 Å². The summed E-state index contributed by atoms with van der Waals surface area (Å²) in [7, 11) is 1.95. The molecule has 0 spiro atoms. The van der Waals surface area contributed by atoms with Crippen LogP contribution in [-0.2, 0) is 23.1 Å². The van der Waals surface area contributed by atoms with E-state index in [9.17, 15) is 4.79 Å². The Morgan fingerprint density at radius 1 is 1.32 bits per heavy atom. The Labute approximate surface area is 147 Å². The summed E-state index contributed by atoms with van der Waals surface area (Å²) >= 11 is 0. The van der Waals surface area contributed by atoms with Gasteiger partial charge in [0.15, 0.2) is 0 Å². The van der Waals surface area contributed by atoms with E-state index in [0.29, 0.717) is 19.8 Å². The number of nitrogens with two attached hydrogens (primary N) is 1. The van der Waals surface area contributed by atoms with Crippen LogP contribution in [0.15, 0.2) is 30.3 Å². The fraction of sp³-hybridized carbons (Fsp3) is 0.444. The number of nitrogens with zero attached hydrogens (tertiary/aromatic N) is 3. The first-order chi connectivity index (χ1) is 12.1. The molecule has 0 saturated carbocycles. The van der Waals surface area contributed by atoms with E-state index >= 15 is 0 Å². The largest absolute Gasteiger partial charge is 0.378 e. The van der Waals surface area contributed by atoms with Gasteiger partial charge in [0.2, 0.25) is 5.91 Å². The lowest BCUT2D eigenvalue weighted by Crippen LogP contribution is -2.38. The molecule has 7 nitrogen and oxygen atoms in total. The van der Waals surface area contributed by atoms with E-state index in [2.05, 4.69) is 15.3 Å². The molecule has 1 fully saturated rings. The maximum atomic E-state index is 11.9. The number of carbonyl (C=O) groups excluding carboxylic acids is 1. The Balaban J connectivity index is 1.81. The Bertz CT molecular complexity index is 723. The van der Waals surface area contributed by atoms with E-state index in [-0.39, 0.29) is 5.91 Å². The fourth-order valence-corrected chi connectivity index (χ4v) is 3.30. The highest BCUT2D eigenvalue weighted by molar-refractivity contribution is 5.81. The number of rotatable bonds is 6. The molecule has 2 heterocycles. The molecule has 0 unspecified atom stereocenters. The second kappa shape index (κ2) is 7.67. The number of primary amides is 1. The third-order valence-electron chi connectivity index (χ3n) is 4.52. The number of amides is 1. The number of ether oxygens (including phenoxy) is 1. The van der Waals surface area contributed by atoms with Crippen LogP contribution in [0, 0.1) is 6.92 Å². The summed E-state index contributed by atoms with van der Waals surface area (Å²) < 4.78 is 7.35. The minimum atomic E-state index is -0.529. The molecule has 3 N–H and O–H groups in total. The van der Waals surface area contributed by atoms with Gasteiger partial charge in [-0.25, -0.2) is 0 Å². The van der Waals surface area contributed by atoms with Gasteiger partial charge in [-0.15, -0.1) is 0 Å². The van der Waals surface area contributed by atoms with Crippen LogP contribution in [0.4, 0.5) is 5.82 Å². The maximum Gasteiger partial charge on any atom is 0.239 e. The second-order valence-electron chi connectivity index (χ2n) is 6.24. The molecule has 1 aromatic carbocycles. The minimum absolute atomic E-state index is 0.388. The number of nitrogens with one attached hydrogen (secondary N) is 1. The smallest absolute Gasteiger partial charge is 0.239 e. The Kier molecular flexibility index (Phi) is 5.35. The van der Waals surface area contributed by atoms with Crippen molar-refractivity contribution in [2.75, 3.05) is 31.2 Å². The predicted molar refractivity (Wildman–Crippen MR) is 96.2 cm³/mol. The molecule has 1 aliphatic heterocycles. The van der Waals surface area contributed by atoms with E-state index in [1.807, 2.05) is 49.0 Å². The monoisotopic (exact) mass is 343 g/mol. The quantitative estimate of drug-likeness (QED) is 0.813. The summed E-state index contributed by atoms with van der Waals surface area (Å²) in [4.78, 5) is 14.2. The second-order valence-corrected chi connectivity index (χ2v) is 6.24. The number of aryl methyl sites for hydroxylation is 2. The van der Waals surface area contributed by atoms with Crippen LogP contribution in [0.5, 0.6) is 0 Å². The number of anilines is 1. The van der Waals surface area contributed by atoms with Crippen molar-refractivity contribution >= 4 is 11.7 Å². The Morgan fingerprint density at radius 2 is 2.00 bits per heavy atom. The molecule has 1 aliphatic rings. The van der Waals surface area contributed by atoms with Crippen LogP contribution in [0.2, 0.25) is 0 Å². The molecule has 1 aromatic heterocycles. The zero-order valence-electron chi connectivity index (χ0n) is 14.7. The first kappa shape index (κ1) is 17.4. The summed E-state index contributed by atoms with van der Waals surface area (Å²) in [5, 5.41) is 7.86. The molecule has 134 valence electrons. The van der Waals surface area contributed by atoms with Crippen molar-refractivity contribution in [1.29, 1.82) is 0 Å². The molecule has 7 heteroatoms. The number of benzene rings is 1. The van der Waals surface area contributed by atoms with Gasteiger partial charge in [-0.3, -0.25) is 14.8 Å². The van der Waals surface area contributed by atoms with Crippen molar-refractivity contribution < 1.29 is 9.53 Å². The number of carbonyl (C=O) groups is 1. The van der Waals surface area contributed by atoms with E-state index in [1.165, 1.54) is 0 Å². The lowest BCUT2D eigenvalue weighted by Gasteiger charge is -2.30. The third kappa shape index (κ3) is 3.83. The van der Waals surface area contributed by atoms with Crippen molar-refractivity contribution in [3.8, 4) is 0 Å². The van der Waals surface area contributed by atoms with Gasteiger partial charge in [-0.1, -0.05) is 30.3 Å². The number of aromatic nitrogens is 2. The summed E-state index contributed by atoms with van der Waals surface area (Å²) in [6.07, 6.45) is 0. The van der Waals surface area contributed by atoms with Crippen LogP contribution >= 0.6 is 0 Å². The van der Waals surface area contributed by atoms with E-state index in [0.717, 1.165) is 35.7 Å². The molecular weight excluding hydrogens is 318 g/mol. The number of hydrogen-bond donors (Lipinski definition) is 2. The average molecular weight is 343 g/mol. The van der Waals surface area contributed by atoms with Crippen LogP contribution in [0.1, 0.15) is 22.9 Å². The summed E-state index contributed by atoms with van der Waals surface area (Å²) in [5.74, 6) is 0.685. The summed E-state index contributed by atoms with van der Waals surface area (Å²) in [6.45, 7) is 5.61. The fourth-order valence-electron chi connectivity index (χ4n) is 3.30. The third-order valence-corrected chi connectivity index (χ3v) is 4.52. The highest BCUT2D eigenvalue weighted by Crippen LogP contribution is 2.25. The van der Waals surface area contributed by atoms with Gasteiger partial charge in [0, 0.05) is 32.2 Å². The highest BCUT2D eigenvalue weighted by Gasteiger charge is 2.23. The predicted octanol–water partition coefficient (Wildman–Crippen LogP) is 0.881. The van der Waals surface area contributed by atoms with Crippen molar-refractivity contribution in [1.82, 2.24) is 15.1 Å². The lowest BCUT2D eigenvalue weighted by atomic mass is 10.1. The van der Waals surface area contributed by atoms with Crippen molar-refractivity contribution in [3.63, 3.8) is 0 Å². The molecule has 0 radical (unpaired) electrons. The summed E-state index contributed by atoms with van der Waals surface area (Å²) in [6, 6.07) is 9.01. The van der Waals surface area contributed by atoms with Crippen molar-refractivity contribution in [2.45, 2.75) is 19.5 Å². The van der Waals surface area contributed by atoms with Gasteiger partial charge in [0.05, 0.1) is 18.9 Å². The lowest BCUT2D eigenvalue weighted by molar-refractivity contribution is -0.120. The normalized spacial score (nSPS) is 16.0. The maximum absolute atomic E-state index is 11.9. The first-order valence-corrected chi connectivity index (χ1v) is 8.50. The van der Waals surface area contributed by atoms with Crippen LogP contribution in [0.25, 0.3) is 0 Å². The molecule has 1 saturated heterocycles.